The molecule has 124 valence electrons. The van der Waals surface area contributed by atoms with Gasteiger partial charge in [0.25, 0.3) is 0 Å². The second-order valence-corrected chi connectivity index (χ2v) is 9.57. The van der Waals surface area contributed by atoms with Gasteiger partial charge in [-0.05, 0) is 56.4 Å². The summed E-state index contributed by atoms with van der Waals surface area (Å²) >= 11 is 0. The molecule has 0 radical (unpaired) electrons. The van der Waals surface area contributed by atoms with Gasteiger partial charge in [-0.15, -0.1) is 0 Å². The maximum absolute atomic E-state index is 11.3. The molecule has 0 aliphatic heterocycles. The molecule has 3 nitrogen and oxygen atoms in total. The van der Waals surface area contributed by atoms with Crippen molar-refractivity contribution in [2.45, 2.75) is 70.8 Å². The molecule has 4 atom stereocenters. The SMILES string of the molecule is CCNC(CCCS(C)(=O)=O)C1CCC2CCCCC2C1. The summed E-state index contributed by atoms with van der Waals surface area (Å²) in [4.78, 5) is 0. The topological polar surface area (TPSA) is 46.2 Å². The van der Waals surface area contributed by atoms with Crippen LogP contribution >= 0.6 is 0 Å². The standard InChI is InChI=1S/C17H33NO2S/c1-3-18-17(9-6-12-21(2,19)20)16-11-10-14-7-4-5-8-15(14)13-16/h14-18H,3-13H2,1-2H3. The molecule has 0 amide bonds. The van der Waals surface area contributed by atoms with Gasteiger partial charge in [0.1, 0.15) is 9.84 Å². The number of nitrogens with one attached hydrogen (secondary N) is 1. The minimum atomic E-state index is -2.81. The van der Waals surface area contributed by atoms with Gasteiger partial charge in [0.05, 0.1) is 0 Å². The first-order valence-corrected chi connectivity index (χ1v) is 11.0. The van der Waals surface area contributed by atoms with Crippen molar-refractivity contribution < 1.29 is 8.42 Å². The predicted molar refractivity (Wildman–Crippen MR) is 89.2 cm³/mol. The van der Waals surface area contributed by atoms with Crippen LogP contribution < -0.4 is 5.32 Å². The summed E-state index contributed by atoms with van der Waals surface area (Å²) < 4.78 is 22.6. The Bertz CT molecular complexity index is 407. The molecular formula is C17H33NO2S. The Hall–Kier alpha value is -0.0900. The van der Waals surface area contributed by atoms with Gasteiger partial charge in [0, 0.05) is 18.1 Å². The predicted octanol–water partition coefficient (Wildman–Crippen LogP) is 3.40. The van der Waals surface area contributed by atoms with Crippen molar-refractivity contribution in [2.24, 2.45) is 17.8 Å². The van der Waals surface area contributed by atoms with Crippen molar-refractivity contribution in [1.29, 1.82) is 0 Å². The fourth-order valence-corrected chi connectivity index (χ4v) is 5.30. The van der Waals surface area contributed by atoms with E-state index in [1.165, 1.54) is 51.2 Å². The van der Waals surface area contributed by atoms with E-state index in [0.717, 1.165) is 37.1 Å². The molecule has 0 saturated heterocycles. The van der Waals surface area contributed by atoms with E-state index in [1.807, 2.05) is 0 Å². The van der Waals surface area contributed by atoms with E-state index in [2.05, 4.69) is 12.2 Å². The fourth-order valence-electron chi connectivity index (χ4n) is 4.61. The Kier molecular flexibility index (Phi) is 6.54. The van der Waals surface area contributed by atoms with E-state index >= 15 is 0 Å². The van der Waals surface area contributed by atoms with E-state index in [9.17, 15) is 8.42 Å². The van der Waals surface area contributed by atoms with E-state index < -0.39 is 9.84 Å². The number of fused-ring (bicyclic) bond motifs is 1. The van der Waals surface area contributed by atoms with Crippen molar-refractivity contribution in [3.63, 3.8) is 0 Å². The lowest BCUT2D eigenvalue weighted by Gasteiger charge is -2.42. The summed E-state index contributed by atoms with van der Waals surface area (Å²) in [6, 6.07) is 0.527. The molecule has 0 bridgehead atoms. The van der Waals surface area contributed by atoms with Crippen LogP contribution in [0.4, 0.5) is 0 Å². The second kappa shape index (κ2) is 7.96. The largest absolute Gasteiger partial charge is 0.314 e. The van der Waals surface area contributed by atoms with Crippen LogP contribution in [-0.2, 0) is 9.84 Å². The van der Waals surface area contributed by atoms with Crippen molar-refractivity contribution in [3.8, 4) is 0 Å². The maximum Gasteiger partial charge on any atom is 0.147 e. The molecule has 0 aromatic rings. The minimum absolute atomic E-state index is 0.341. The van der Waals surface area contributed by atoms with Crippen LogP contribution in [0.5, 0.6) is 0 Å². The van der Waals surface area contributed by atoms with Crippen molar-refractivity contribution in [1.82, 2.24) is 5.32 Å². The zero-order valence-electron chi connectivity index (χ0n) is 13.8. The highest BCUT2D eigenvalue weighted by atomic mass is 32.2. The van der Waals surface area contributed by atoms with Gasteiger partial charge < -0.3 is 5.32 Å². The minimum Gasteiger partial charge on any atom is -0.314 e. The molecule has 4 unspecified atom stereocenters. The molecule has 4 heteroatoms. The fraction of sp³-hybridized carbons (Fsp3) is 1.00. The number of rotatable bonds is 7. The van der Waals surface area contributed by atoms with E-state index in [1.54, 1.807) is 0 Å². The molecule has 2 saturated carbocycles. The summed E-state index contributed by atoms with van der Waals surface area (Å²) in [5.41, 5.74) is 0. The third-order valence-corrected chi connectivity index (χ3v) is 6.68. The summed E-state index contributed by atoms with van der Waals surface area (Å²) in [6.07, 6.45) is 13.1. The van der Waals surface area contributed by atoms with Gasteiger partial charge in [-0.1, -0.05) is 32.6 Å². The Morgan fingerprint density at radius 2 is 1.81 bits per heavy atom. The van der Waals surface area contributed by atoms with Crippen LogP contribution in [0.1, 0.15) is 64.7 Å². The maximum atomic E-state index is 11.3. The third-order valence-electron chi connectivity index (χ3n) is 5.65. The average molecular weight is 316 g/mol. The van der Waals surface area contributed by atoms with Gasteiger partial charge in [0.15, 0.2) is 0 Å². The third kappa shape index (κ3) is 5.55. The first-order valence-electron chi connectivity index (χ1n) is 8.90. The van der Waals surface area contributed by atoms with Gasteiger partial charge in [-0.3, -0.25) is 0 Å². The van der Waals surface area contributed by atoms with Crippen molar-refractivity contribution >= 4 is 9.84 Å². The lowest BCUT2D eigenvalue weighted by Crippen LogP contribution is -2.41. The molecule has 0 spiro atoms. The van der Waals surface area contributed by atoms with Crippen molar-refractivity contribution in [3.05, 3.63) is 0 Å². The highest BCUT2D eigenvalue weighted by Crippen LogP contribution is 2.44. The molecule has 21 heavy (non-hydrogen) atoms. The van der Waals surface area contributed by atoms with E-state index in [0.29, 0.717) is 11.8 Å². The zero-order valence-corrected chi connectivity index (χ0v) is 14.6. The average Bonchev–Trinajstić information content (AvgIpc) is 2.44. The van der Waals surface area contributed by atoms with Crippen LogP contribution in [0.15, 0.2) is 0 Å². The molecule has 0 heterocycles. The molecule has 2 aliphatic rings. The number of hydrogen-bond acceptors (Lipinski definition) is 3. The number of hydrogen-bond donors (Lipinski definition) is 1. The first kappa shape index (κ1) is 17.3. The smallest absolute Gasteiger partial charge is 0.147 e. The first-order chi connectivity index (χ1) is 9.99. The lowest BCUT2D eigenvalue weighted by molar-refractivity contribution is 0.107. The molecule has 0 aromatic heterocycles. The Morgan fingerprint density at radius 1 is 1.10 bits per heavy atom. The Morgan fingerprint density at radius 3 is 2.48 bits per heavy atom. The molecule has 2 aliphatic carbocycles. The van der Waals surface area contributed by atoms with Crippen LogP contribution in [0.25, 0.3) is 0 Å². The van der Waals surface area contributed by atoms with Crippen LogP contribution in [-0.4, -0.2) is 33.0 Å². The quantitative estimate of drug-likeness (QED) is 0.783. The zero-order chi connectivity index (χ0) is 15.3. The highest BCUT2D eigenvalue weighted by Gasteiger charge is 2.34. The van der Waals surface area contributed by atoms with Gasteiger partial charge in [-0.25, -0.2) is 8.42 Å². The summed E-state index contributed by atoms with van der Waals surface area (Å²) in [5.74, 6) is 3.05. The summed E-state index contributed by atoms with van der Waals surface area (Å²) in [6.45, 7) is 3.16. The van der Waals surface area contributed by atoms with Crippen molar-refractivity contribution in [2.75, 3.05) is 18.6 Å². The van der Waals surface area contributed by atoms with E-state index in [-0.39, 0.29) is 0 Å². The highest BCUT2D eigenvalue weighted by molar-refractivity contribution is 7.90. The van der Waals surface area contributed by atoms with Crippen LogP contribution in [0.3, 0.4) is 0 Å². The summed E-state index contributed by atoms with van der Waals surface area (Å²) in [5, 5.41) is 3.64. The molecule has 0 aromatic carbocycles. The van der Waals surface area contributed by atoms with Crippen LogP contribution in [0, 0.1) is 17.8 Å². The molecule has 1 N–H and O–H groups in total. The monoisotopic (exact) mass is 315 g/mol. The Balaban J connectivity index is 1.85. The molecule has 2 fully saturated rings. The Labute approximate surface area is 131 Å². The molecular weight excluding hydrogens is 282 g/mol. The normalized spacial score (nSPS) is 31.6. The van der Waals surface area contributed by atoms with Gasteiger partial charge in [-0.2, -0.15) is 0 Å². The van der Waals surface area contributed by atoms with Gasteiger partial charge >= 0.3 is 0 Å². The van der Waals surface area contributed by atoms with E-state index in [4.69, 9.17) is 0 Å². The number of sulfone groups is 1. The summed E-state index contributed by atoms with van der Waals surface area (Å²) in [7, 11) is -2.81. The van der Waals surface area contributed by atoms with Crippen LogP contribution in [0.2, 0.25) is 0 Å². The molecule has 2 rings (SSSR count). The second-order valence-electron chi connectivity index (χ2n) is 7.31. The van der Waals surface area contributed by atoms with Gasteiger partial charge in [0.2, 0.25) is 0 Å². The lowest BCUT2D eigenvalue weighted by atomic mass is 9.66.